The van der Waals surface area contributed by atoms with Crippen LogP contribution in [0.25, 0.3) is 22.8 Å². The Hall–Kier alpha value is -2.14. The summed E-state index contributed by atoms with van der Waals surface area (Å²) in [6.07, 6.45) is 0. The van der Waals surface area contributed by atoms with Crippen molar-refractivity contribution in [1.82, 2.24) is 10.1 Å². The number of nitrogens with zero attached hydrogens (tertiary/aromatic N) is 2. The molecule has 0 aliphatic rings. The van der Waals surface area contributed by atoms with Gasteiger partial charge in [0.15, 0.2) is 0 Å². The Bertz CT molecular complexity index is 730. The first kappa shape index (κ1) is 11.9. The molecule has 4 nitrogen and oxygen atoms in total. The minimum atomic E-state index is 0.471. The SMILES string of the molecule is Cc1cccc(-c2noc(-c3cc(C)sc3N)n2)c1. The van der Waals surface area contributed by atoms with Crippen molar-refractivity contribution in [2.45, 2.75) is 13.8 Å². The maximum Gasteiger partial charge on any atom is 0.261 e. The van der Waals surface area contributed by atoms with E-state index in [4.69, 9.17) is 10.3 Å². The number of nitrogen functional groups attached to an aromatic ring is 1. The maximum atomic E-state index is 5.94. The van der Waals surface area contributed by atoms with Gasteiger partial charge in [-0.3, -0.25) is 0 Å². The van der Waals surface area contributed by atoms with Gasteiger partial charge in [-0.25, -0.2) is 0 Å². The van der Waals surface area contributed by atoms with Crippen LogP contribution in [0.15, 0.2) is 34.9 Å². The van der Waals surface area contributed by atoms with E-state index in [0.29, 0.717) is 16.7 Å². The van der Waals surface area contributed by atoms with Crippen LogP contribution in [-0.2, 0) is 0 Å². The Kier molecular flexibility index (Phi) is 2.83. The molecule has 2 heterocycles. The first-order valence-corrected chi connectivity index (χ1v) is 6.72. The standard InChI is InChI=1S/C14H13N3OS/c1-8-4-3-5-10(6-8)13-16-14(18-17-13)11-7-9(2)19-12(11)15/h3-7H,15H2,1-2H3. The van der Waals surface area contributed by atoms with E-state index >= 15 is 0 Å². The van der Waals surface area contributed by atoms with Gasteiger partial charge in [-0.2, -0.15) is 4.98 Å². The number of benzene rings is 1. The van der Waals surface area contributed by atoms with Crippen molar-refractivity contribution in [2.24, 2.45) is 0 Å². The Morgan fingerprint density at radius 2 is 2.05 bits per heavy atom. The van der Waals surface area contributed by atoms with E-state index in [1.165, 1.54) is 11.3 Å². The molecule has 0 unspecified atom stereocenters. The van der Waals surface area contributed by atoms with Crippen molar-refractivity contribution in [3.8, 4) is 22.8 Å². The number of aromatic nitrogens is 2. The molecule has 5 heteroatoms. The highest BCUT2D eigenvalue weighted by molar-refractivity contribution is 7.16. The van der Waals surface area contributed by atoms with E-state index in [1.54, 1.807) is 0 Å². The third-order valence-corrected chi connectivity index (χ3v) is 3.70. The fourth-order valence-electron chi connectivity index (χ4n) is 1.93. The molecule has 0 radical (unpaired) electrons. The van der Waals surface area contributed by atoms with Crippen LogP contribution in [0.3, 0.4) is 0 Å². The minimum Gasteiger partial charge on any atom is -0.390 e. The summed E-state index contributed by atoms with van der Waals surface area (Å²) in [5, 5.41) is 4.72. The molecular weight excluding hydrogens is 258 g/mol. The zero-order valence-corrected chi connectivity index (χ0v) is 11.5. The highest BCUT2D eigenvalue weighted by Gasteiger charge is 2.15. The van der Waals surface area contributed by atoms with Gasteiger partial charge >= 0.3 is 0 Å². The Morgan fingerprint density at radius 3 is 2.74 bits per heavy atom. The topological polar surface area (TPSA) is 64.9 Å². The van der Waals surface area contributed by atoms with Crippen molar-refractivity contribution in [3.63, 3.8) is 0 Å². The van der Waals surface area contributed by atoms with Crippen LogP contribution in [0.5, 0.6) is 0 Å². The molecule has 0 amide bonds. The van der Waals surface area contributed by atoms with E-state index in [9.17, 15) is 0 Å². The summed E-state index contributed by atoms with van der Waals surface area (Å²) in [6, 6.07) is 9.96. The first-order chi connectivity index (χ1) is 9.13. The largest absolute Gasteiger partial charge is 0.390 e. The van der Waals surface area contributed by atoms with Crippen molar-refractivity contribution >= 4 is 16.3 Å². The summed E-state index contributed by atoms with van der Waals surface area (Å²) in [5.41, 5.74) is 8.86. The molecule has 0 aliphatic heterocycles. The second kappa shape index (κ2) is 4.51. The zero-order valence-electron chi connectivity index (χ0n) is 10.7. The summed E-state index contributed by atoms with van der Waals surface area (Å²) in [4.78, 5) is 5.54. The molecule has 0 saturated heterocycles. The van der Waals surface area contributed by atoms with Crippen LogP contribution < -0.4 is 5.73 Å². The van der Waals surface area contributed by atoms with Gasteiger partial charge in [-0.05, 0) is 26.0 Å². The number of aryl methyl sites for hydroxylation is 2. The van der Waals surface area contributed by atoms with E-state index in [0.717, 1.165) is 21.6 Å². The van der Waals surface area contributed by atoms with Crippen LogP contribution in [-0.4, -0.2) is 10.1 Å². The van der Waals surface area contributed by atoms with Gasteiger partial charge in [0.25, 0.3) is 5.89 Å². The van der Waals surface area contributed by atoms with Crippen LogP contribution in [0.4, 0.5) is 5.00 Å². The van der Waals surface area contributed by atoms with E-state index < -0.39 is 0 Å². The second-order valence-corrected chi connectivity index (χ2v) is 5.72. The van der Waals surface area contributed by atoms with Gasteiger partial charge in [-0.1, -0.05) is 28.9 Å². The van der Waals surface area contributed by atoms with E-state index in [-0.39, 0.29) is 0 Å². The van der Waals surface area contributed by atoms with E-state index in [2.05, 4.69) is 10.1 Å². The van der Waals surface area contributed by atoms with Gasteiger partial charge in [0, 0.05) is 10.4 Å². The summed E-state index contributed by atoms with van der Waals surface area (Å²) in [7, 11) is 0. The van der Waals surface area contributed by atoms with Gasteiger partial charge in [0.2, 0.25) is 5.82 Å². The third kappa shape index (κ3) is 2.24. The average molecular weight is 271 g/mol. The molecule has 2 N–H and O–H groups in total. The third-order valence-electron chi connectivity index (χ3n) is 2.82. The molecule has 0 aliphatic carbocycles. The molecule has 2 aromatic heterocycles. The lowest BCUT2D eigenvalue weighted by atomic mass is 10.1. The van der Waals surface area contributed by atoms with Gasteiger partial charge in [0.05, 0.1) is 10.6 Å². The molecule has 0 fully saturated rings. The van der Waals surface area contributed by atoms with Crippen LogP contribution in [0.1, 0.15) is 10.4 Å². The van der Waals surface area contributed by atoms with Crippen molar-refractivity contribution in [2.75, 3.05) is 5.73 Å². The smallest absolute Gasteiger partial charge is 0.261 e. The van der Waals surface area contributed by atoms with Gasteiger partial charge < -0.3 is 10.3 Å². The number of nitrogens with two attached hydrogens (primary N) is 1. The zero-order chi connectivity index (χ0) is 13.4. The number of hydrogen-bond acceptors (Lipinski definition) is 5. The molecule has 0 saturated carbocycles. The fraction of sp³-hybridized carbons (Fsp3) is 0.143. The molecule has 3 aromatic rings. The molecule has 0 spiro atoms. The van der Waals surface area contributed by atoms with Crippen LogP contribution >= 0.6 is 11.3 Å². The molecular formula is C14H13N3OS. The van der Waals surface area contributed by atoms with Crippen LogP contribution in [0, 0.1) is 13.8 Å². The maximum absolute atomic E-state index is 5.94. The Morgan fingerprint density at radius 1 is 1.21 bits per heavy atom. The summed E-state index contributed by atoms with van der Waals surface area (Å²) in [5.74, 6) is 1.06. The fourth-order valence-corrected chi connectivity index (χ4v) is 2.71. The number of anilines is 1. The lowest BCUT2D eigenvalue weighted by Gasteiger charge is -1.95. The average Bonchev–Trinajstić information content (AvgIpc) is 2.96. The Labute approximate surface area is 114 Å². The van der Waals surface area contributed by atoms with Gasteiger partial charge in [-0.15, -0.1) is 11.3 Å². The molecule has 0 bridgehead atoms. The molecule has 0 atom stereocenters. The first-order valence-electron chi connectivity index (χ1n) is 5.90. The molecule has 96 valence electrons. The minimum absolute atomic E-state index is 0.471. The summed E-state index contributed by atoms with van der Waals surface area (Å²) < 4.78 is 5.30. The van der Waals surface area contributed by atoms with Crippen LogP contribution in [0.2, 0.25) is 0 Å². The number of rotatable bonds is 2. The molecule has 1 aromatic carbocycles. The predicted molar refractivity (Wildman–Crippen MR) is 76.9 cm³/mol. The predicted octanol–water partition coefficient (Wildman–Crippen LogP) is 3.66. The normalized spacial score (nSPS) is 10.8. The van der Waals surface area contributed by atoms with Gasteiger partial charge in [0.1, 0.15) is 0 Å². The van der Waals surface area contributed by atoms with Crippen molar-refractivity contribution < 1.29 is 4.52 Å². The quantitative estimate of drug-likeness (QED) is 0.772. The Balaban J connectivity index is 2.02. The molecule has 19 heavy (non-hydrogen) atoms. The number of thiophene rings is 1. The highest BCUT2D eigenvalue weighted by atomic mass is 32.1. The summed E-state index contributed by atoms with van der Waals surface area (Å²) in [6.45, 7) is 4.03. The monoisotopic (exact) mass is 271 g/mol. The van der Waals surface area contributed by atoms with Crippen molar-refractivity contribution in [3.05, 3.63) is 40.8 Å². The molecule has 3 rings (SSSR count). The lowest BCUT2D eigenvalue weighted by molar-refractivity contribution is 0.432. The van der Waals surface area contributed by atoms with E-state index in [1.807, 2.05) is 44.2 Å². The summed E-state index contributed by atoms with van der Waals surface area (Å²) >= 11 is 1.52. The van der Waals surface area contributed by atoms with Crippen molar-refractivity contribution in [1.29, 1.82) is 0 Å². The highest BCUT2D eigenvalue weighted by Crippen LogP contribution is 2.33. The lowest BCUT2D eigenvalue weighted by Crippen LogP contribution is -1.84. The number of hydrogen-bond donors (Lipinski definition) is 1. The second-order valence-electron chi connectivity index (χ2n) is 4.43.